The largest absolute Gasteiger partial charge is 0.487 e. The van der Waals surface area contributed by atoms with Crippen LogP contribution in [-0.4, -0.2) is 39.1 Å². The van der Waals surface area contributed by atoms with Gasteiger partial charge in [-0.3, -0.25) is 0 Å². The molecule has 2 N–H and O–H groups in total. The van der Waals surface area contributed by atoms with E-state index in [2.05, 4.69) is 4.74 Å². The molecule has 1 aromatic carbocycles. The zero-order valence-corrected chi connectivity index (χ0v) is 11.3. The molecule has 0 bridgehead atoms. The number of nitrogens with two attached hydrogens (primary N) is 1. The molecule has 19 heavy (non-hydrogen) atoms. The Morgan fingerprint density at radius 2 is 2.16 bits per heavy atom. The van der Waals surface area contributed by atoms with Crippen molar-refractivity contribution in [1.82, 2.24) is 0 Å². The molecule has 6 nitrogen and oxygen atoms in total. The van der Waals surface area contributed by atoms with Crippen LogP contribution in [0.3, 0.4) is 0 Å². The van der Waals surface area contributed by atoms with Crippen molar-refractivity contribution in [3.05, 3.63) is 23.8 Å². The molecule has 1 fully saturated rings. The molecule has 1 aromatic rings. The highest BCUT2D eigenvalue weighted by Gasteiger charge is 2.29. The normalized spacial score (nSPS) is 21.0. The monoisotopic (exact) mass is 285 g/mol. The number of esters is 1. The Morgan fingerprint density at radius 3 is 2.68 bits per heavy atom. The summed E-state index contributed by atoms with van der Waals surface area (Å²) in [5.41, 5.74) is 6.39. The maximum absolute atomic E-state index is 11.3. The lowest BCUT2D eigenvalue weighted by Gasteiger charge is -2.14. The number of carbonyl (C=O) groups excluding carboxylic acids is 1. The zero-order valence-electron chi connectivity index (χ0n) is 10.5. The Balaban J connectivity index is 2.12. The van der Waals surface area contributed by atoms with E-state index in [0.29, 0.717) is 17.7 Å². The Kier molecular flexibility index (Phi) is 3.66. The van der Waals surface area contributed by atoms with Crippen LogP contribution < -0.4 is 10.5 Å². The van der Waals surface area contributed by atoms with Gasteiger partial charge < -0.3 is 15.2 Å². The summed E-state index contributed by atoms with van der Waals surface area (Å²) in [4.78, 5) is 11.3. The number of anilines is 1. The summed E-state index contributed by atoms with van der Waals surface area (Å²) >= 11 is 0. The molecule has 104 valence electrons. The van der Waals surface area contributed by atoms with E-state index < -0.39 is 15.8 Å². The first-order valence-electron chi connectivity index (χ1n) is 5.76. The number of hydrogen-bond donors (Lipinski definition) is 1. The van der Waals surface area contributed by atoms with Crippen LogP contribution >= 0.6 is 0 Å². The molecule has 0 amide bonds. The van der Waals surface area contributed by atoms with E-state index in [4.69, 9.17) is 10.5 Å². The van der Waals surface area contributed by atoms with Gasteiger partial charge in [-0.2, -0.15) is 0 Å². The van der Waals surface area contributed by atoms with E-state index in [9.17, 15) is 13.2 Å². The second-order valence-electron chi connectivity index (χ2n) is 4.39. The molecule has 0 aromatic heterocycles. The minimum Gasteiger partial charge on any atom is -0.487 e. The van der Waals surface area contributed by atoms with Crippen LogP contribution in [0.5, 0.6) is 5.75 Å². The number of sulfone groups is 1. The van der Waals surface area contributed by atoms with E-state index in [1.807, 2.05) is 0 Å². The lowest BCUT2D eigenvalue weighted by molar-refractivity contribution is 0.0600. The van der Waals surface area contributed by atoms with Crippen molar-refractivity contribution in [2.24, 2.45) is 0 Å². The number of nitrogen functional groups attached to an aromatic ring is 1. The van der Waals surface area contributed by atoms with Crippen molar-refractivity contribution in [1.29, 1.82) is 0 Å². The SMILES string of the molecule is COC(=O)c1ccc(OC2CCS(=O)(=O)C2)c(N)c1. The van der Waals surface area contributed by atoms with Gasteiger partial charge in [0.05, 0.1) is 29.9 Å². The Labute approximate surface area is 111 Å². The van der Waals surface area contributed by atoms with Gasteiger partial charge in [-0.05, 0) is 24.6 Å². The van der Waals surface area contributed by atoms with E-state index in [1.165, 1.54) is 19.2 Å². The van der Waals surface area contributed by atoms with Gasteiger partial charge in [0.15, 0.2) is 9.84 Å². The van der Waals surface area contributed by atoms with Crippen molar-refractivity contribution in [3.63, 3.8) is 0 Å². The van der Waals surface area contributed by atoms with Gasteiger partial charge in [-0.15, -0.1) is 0 Å². The van der Waals surface area contributed by atoms with Crippen molar-refractivity contribution >= 4 is 21.5 Å². The van der Waals surface area contributed by atoms with Crippen LogP contribution in [0.4, 0.5) is 5.69 Å². The molecule has 1 aliphatic rings. The zero-order chi connectivity index (χ0) is 14.0. The van der Waals surface area contributed by atoms with Crippen LogP contribution in [-0.2, 0) is 14.6 Å². The molecule has 1 atom stereocenters. The van der Waals surface area contributed by atoms with Gasteiger partial charge in [0, 0.05) is 0 Å². The lowest BCUT2D eigenvalue weighted by Crippen LogP contribution is -2.18. The summed E-state index contributed by atoms with van der Waals surface area (Å²) in [6.45, 7) is 0. The Hall–Kier alpha value is -1.76. The smallest absolute Gasteiger partial charge is 0.337 e. The summed E-state index contributed by atoms with van der Waals surface area (Å²) < 4.78 is 32.8. The fourth-order valence-electron chi connectivity index (χ4n) is 1.93. The number of ether oxygens (including phenoxy) is 2. The summed E-state index contributed by atoms with van der Waals surface area (Å²) in [7, 11) is -1.71. The molecular weight excluding hydrogens is 270 g/mol. The fraction of sp³-hybridized carbons (Fsp3) is 0.417. The number of carbonyl (C=O) groups is 1. The number of benzene rings is 1. The third-order valence-corrected chi connectivity index (χ3v) is 4.65. The van der Waals surface area contributed by atoms with Crippen molar-refractivity contribution in [2.75, 3.05) is 24.3 Å². The first kappa shape index (κ1) is 13.7. The molecule has 7 heteroatoms. The molecule has 0 spiro atoms. The molecule has 2 rings (SSSR count). The second kappa shape index (κ2) is 5.08. The summed E-state index contributed by atoms with van der Waals surface area (Å²) in [5.74, 6) is 0.0414. The predicted octanol–water partition coefficient (Wildman–Crippen LogP) is 0.621. The average molecular weight is 285 g/mol. The molecule has 0 radical (unpaired) electrons. The van der Waals surface area contributed by atoms with Gasteiger partial charge in [0.1, 0.15) is 11.9 Å². The molecule has 1 heterocycles. The fourth-order valence-corrected chi connectivity index (χ4v) is 3.52. The Morgan fingerprint density at radius 1 is 1.42 bits per heavy atom. The third kappa shape index (κ3) is 3.17. The summed E-state index contributed by atoms with van der Waals surface area (Å²) in [5, 5.41) is 0. The van der Waals surface area contributed by atoms with Crippen molar-refractivity contribution < 1.29 is 22.7 Å². The topological polar surface area (TPSA) is 95.7 Å². The minimum atomic E-state index is -2.99. The number of hydrogen-bond acceptors (Lipinski definition) is 6. The van der Waals surface area contributed by atoms with E-state index >= 15 is 0 Å². The lowest BCUT2D eigenvalue weighted by atomic mass is 10.2. The minimum absolute atomic E-state index is 0.00515. The molecular formula is C12H15NO5S. The third-order valence-electron chi connectivity index (χ3n) is 2.92. The standard InChI is InChI=1S/C12H15NO5S/c1-17-12(14)8-2-3-11(10(13)6-8)18-9-4-5-19(15,16)7-9/h2-3,6,9H,4-5,7,13H2,1H3. The van der Waals surface area contributed by atoms with Gasteiger partial charge in [0.25, 0.3) is 0 Å². The van der Waals surface area contributed by atoms with Crippen LogP contribution in [0.1, 0.15) is 16.8 Å². The van der Waals surface area contributed by atoms with Gasteiger partial charge in [-0.1, -0.05) is 0 Å². The van der Waals surface area contributed by atoms with Crippen molar-refractivity contribution in [3.8, 4) is 5.75 Å². The van der Waals surface area contributed by atoms with Crippen LogP contribution in [0.2, 0.25) is 0 Å². The maximum atomic E-state index is 11.3. The van der Waals surface area contributed by atoms with E-state index in [-0.39, 0.29) is 23.3 Å². The van der Waals surface area contributed by atoms with Crippen LogP contribution in [0, 0.1) is 0 Å². The van der Waals surface area contributed by atoms with Crippen molar-refractivity contribution in [2.45, 2.75) is 12.5 Å². The maximum Gasteiger partial charge on any atom is 0.337 e. The quantitative estimate of drug-likeness (QED) is 0.646. The highest BCUT2D eigenvalue weighted by atomic mass is 32.2. The summed E-state index contributed by atoms with van der Waals surface area (Å²) in [6, 6.07) is 4.53. The van der Waals surface area contributed by atoms with Gasteiger partial charge in [0.2, 0.25) is 0 Å². The number of methoxy groups -OCH3 is 1. The molecule has 1 unspecified atom stereocenters. The van der Waals surface area contributed by atoms with Crippen LogP contribution in [0.25, 0.3) is 0 Å². The van der Waals surface area contributed by atoms with Crippen LogP contribution in [0.15, 0.2) is 18.2 Å². The predicted molar refractivity (Wildman–Crippen MR) is 69.9 cm³/mol. The summed E-state index contributed by atoms with van der Waals surface area (Å²) in [6.07, 6.45) is 0.0804. The highest BCUT2D eigenvalue weighted by molar-refractivity contribution is 7.91. The first-order chi connectivity index (χ1) is 8.91. The Bertz CT molecular complexity index is 596. The molecule has 0 aliphatic carbocycles. The molecule has 0 saturated carbocycles. The van der Waals surface area contributed by atoms with E-state index in [0.717, 1.165) is 0 Å². The number of rotatable bonds is 3. The highest BCUT2D eigenvalue weighted by Crippen LogP contribution is 2.26. The van der Waals surface area contributed by atoms with Gasteiger partial charge >= 0.3 is 5.97 Å². The average Bonchev–Trinajstić information content (AvgIpc) is 2.70. The van der Waals surface area contributed by atoms with Gasteiger partial charge in [-0.25, -0.2) is 13.2 Å². The second-order valence-corrected chi connectivity index (χ2v) is 6.62. The molecule has 1 aliphatic heterocycles. The first-order valence-corrected chi connectivity index (χ1v) is 7.58. The van der Waals surface area contributed by atoms with E-state index in [1.54, 1.807) is 6.07 Å². The molecule has 1 saturated heterocycles.